The van der Waals surface area contributed by atoms with Crippen LogP contribution < -0.4 is 43.8 Å². The average Bonchev–Trinajstić information content (AvgIpc) is 1.64. The van der Waals surface area contributed by atoms with Crippen LogP contribution in [0.5, 0.6) is 5.75 Å². The third-order valence-electron chi connectivity index (χ3n) is 16.9. The third-order valence-corrected chi connectivity index (χ3v) is 16.9. The Morgan fingerprint density at radius 2 is 1.21 bits per heavy atom. The van der Waals surface area contributed by atoms with Crippen LogP contribution in [0.25, 0.3) is 17.0 Å². The SMILES string of the molecule is CN=C(N)NCCC[C@H](NC(=O)[C@@H](CC(=O)CNC(=O)[C@@H](CC(=O)[C@@H](NC(=O)[C@H](CC(N)=O)CC(=O)[C@@H](Cc1c[nH]c2ccccc12)NC(=O)[C@H](CC(C)=O)Cc1ccc(O)cc1)[C@@H](C)O)Cc1ccccc1)CC(C)C)C(=O)C[C@@H](Cc1c[nH]c2c1C=CCC2)C(N)=O. The first-order chi connectivity index (χ1) is 44.8. The highest BCUT2D eigenvalue weighted by Crippen LogP contribution is 2.28. The van der Waals surface area contributed by atoms with Crippen molar-refractivity contribution in [2.24, 2.45) is 57.7 Å². The number of aryl methyl sites for hydroxylation is 1. The van der Waals surface area contributed by atoms with E-state index in [1.165, 1.54) is 33.0 Å². The smallest absolute Gasteiger partial charge is 0.224 e. The van der Waals surface area contributed by atoms with E-state index in [1.54, 1.807) is 54.7 Å². The number of rotatable bonds is 40. The number of ketones is 5. The molecule has 15 N–H and O–H groups in total. The number of benzene rings is 3. The predicted molar refractivity (Wildman–Crippen MR) is 355 cm³/mol. The van der Waals surface area contributed by atoms with Gasteiger partial charge < -0.3 is 68.8 Å². The lowest BCUT2D eigenvalue weighted by Crippen LogP contribution is -2.52. The number of para-hydroxylation sites is 1. The Hall–Kier alpha value is -9.58. The van der Waals surface area contributed by atoms with E-state index in [0.717, 1.165) is 40.6 Å². The molecule has 6 amide bonds. The highest BCUT2D eigenvalue weighted by Gasteiger charge is 2.37. The Bertz CT molecular complexity index is 3540. The number of Topliss-reactive ketones (excluding diaryl/α,β-unsaturated/α-hetero) is 5. The second-order valence-electron chi connectivity index (χ2n) is 25.1. The molecule has 1 aliphatic rings. The number of hydrogen-bond acceptors (Lipinski definition) is 14. The lowest BCUT2D eigenvalue weighted by molar-refractivity contribution is -0.137. The number of H-pyrrole nitrogens is 2. The third kappa shape index (κ3) is 22.9. The number of phenols is 1. The van der Waals surface area contributed by atoms with Gasteiger partial charge in [0.25, 0.3) is 0 Å². The van der Waals surface area contributed by atoms with Crippen LogP contribution in [-0.4, -0.2) is 135 Å². The molecule has 0 aliphatic heterocycles. The van der Waals surface area contributed by atoms with Gasteiger partial charge in [-0.15, -0.1) is 0 Å². The summed E-state index contributed by atoms with van der Waals surface area (Å²) in [5.74, 6) is -12.9. The molecular formula is C70H91N11O13. The van der Waals surface area contributed by atoms with Gasteiger partial charge in [0.2, 0.25) is 35.4 Å². The van der Waals surface area contributed by atoms with Gasteiger partial charge in [-0.2, -0.15) is 0 Å². The number of aliphatic hydroxyl groups excluding tert-OH is 1. The van der Waals surface area contributed by atoms with Crippen molar-refractivity contribution in [1.82, 2.24) is 36.6 Å². The van der Waals surface area contributed by atoms with Crippen molar-refractivity contribution in [2.75, 3.05) is 20.1 Å². The molecule has 0 bridgehead atoms. The lowest BCUT2D eigenvalue weighted by atomic mass is 9.88. The highest BCUT2D eigenvalue weighted by molar-refractivity contribution is 5.99. The molecule has 0 fully saturated rings. The number of phenolic OH excluding ortho intramolecular Hbond substituents is 1. The highest BCUT2D eigenvalue weighted by atomic mass is 16.3. The number of aliphatic hydroxyl groups is 1. The monoisotopic (exact) mass is 1290 g/mol. The number of nitrogens with zero attached hydrogens (tertiary/aromatic N) is 1. The molecule has 0 spiro atoms. The van der Waals surface area contributed by atoms with Gasteiger partial charge >= 0.3 is 0 Å². The van der Waals surface area contributed by atoms with Crippen LogP contribution in [0, 0.1) is 35.5 Å². The fourth-order valence-corrected chi connectivity index (χ4v) is 11.9. The van der Waals surface area contributed by atoms with E-state index in [9.17, 15) is 63.0 Å². The fraction of sp³-hybridized carbons (Fsp3) is 0.457. The van der Waals surface area contributed by atoms with Crippen LogP contribution in [0.2, 0.25) is 0 Å². The van der Waals surface area contributed by atoms with Gasteiger partial charge in [0.15, 0.2) is 29.1 Å². The van der Waals surface area contributed by atoms with E-state index in [-0.39, 0.29) is 81.2 Å². The van der Waals surface area contributed by atoms with Crippen molar-refractivity contribution in [1.29, 1.82) is 0 Å². The van der Waals surface area contributed by atoms with Gasteiger partial charge in [-0.05, 0) is 117 Å². The first-order valence-corrected chi connectivity index (χ1v) is 32.0. The van der Waals surface area contributed by atoms with E-state index in [2.05, 4.69) is 41.5 Å². The number of guanidine groups is 1. The largest absolute Gasteiger partial charge is 0.508 e. The number of fused-ring (bicyclic) bond motifs is 2. The molecule has 504 valence electrons. The summed E-state index contributed by atoms with van der Waals surface area (Å²) < 4.78 is 0. The van der Waals surface area contributed by atoms with Gasteiger partial charge in [0.05, 0.1) is 30.7 Å². The Labute approximate surface area is 547 Å². The van der Waals surface area contributed by atoms with Crippen molar-refractivity contribution < 1.29 is 63.0 Å². The molecule has 0 saturated heterocycles. The van der Waals surface area contributed by atoms with Crippen molar-refractivity contribution in [3.05, 3.63) is 131 Å². The number of aromatic hydroxyl groups is 1. The number of nitrogens with one attached hydrogen (secondary N) is 7. The Balaban J connectivity index is 1.15. The van der Waals surface area contributed by atoms with Crippen molar-refractivity contribution in [2.45, 2.75) is 148 Å². The average molecular weight is 1290 g/mol. The molecule has 0 saturated carbocycles. The van der Waals surface area contributed by atoms with Crippen LogP contribution in [0.3, 0.4) is 0 Å². The Kier molecular flexibility index (Phi) is 28.2. The molecule has 24 nitrogen and oxygen atoms in total. The maximum atomic E-state index is 14.6. The maximum absolute atomic E-state index is 14.6. The van der Waals surface area contributed by atoms with Crippen molar-refractivity contribution in [3.63, 3.8) is 0 Å². The number of carbonyl (C=O) groups excluding carboxylic acids is 11. The minimum Gasteiger partial charge on any atom is -0.508 e. The second-order valence-corrected chi connectivity index (χ2v) is 25.1. The molecular weight excluding hydrogens is 1200 g/mol. The fourth-order valence-electron chi connectivity index (χ4n) is 11.9. The van der Waals surface area contributed by atoms with Crippen LogP contribution in [0.15, 0.2) is 102 Å². The zero-order valence-corrected chi connectivity index (χ0v) is 54.2. The number of aromatic amines is 2. The summed E-state index contributed by atoms with van der Waals surface area (Å²) in [6.07, 6.45) is 5.66. The zero-order valence-electron chi connectivity index (χ0n) is 54.2. The minimum atomic E-state index is -1.70. The molecule has 3 aromatic carbocycles. The summed E-state index contributed by atoms with van der Waals surface area (Å²) in [5.41, 5.74) is 22.8. The molecule has 94 heavy (non-hydrogen) atoms. The van der Waals surface area contributed by atoms with Gasteiger partial charge in [-0.3, -0.25) is 52.9 Å². The van der Waals surface area contributed by atoms with Crippen molar-refractivity contribution in [3.8, 4) is 5.75 Å². The summed E-state index contributed by atoms with van der Waals surface area (Å²) >= 11 is 0. The number of primary amides is 2. The Morgan fingerprint density at radius 1 is 0.606 bits per heavy atom. The van der Waals surface area contributed by atoms with E-state index in [0.29, 0.717) is 29.7 Å². The van der Waals surface area contributed by atoms with Gasteiger partial charge in [0, 0.05) is 111 Å². The van der Waals surface area contributed by atoms with E-state index >= 15 is 0 Å². The summed E-state index contributed by atoms with van der Waals surface area (Å²) in [6.45, 7) is 6.02. The minimum absolute atomic E-state index is 0.00230. The van der Waals surface area contributed by atoms with E-state index in [4.69, 9.17) is 17.2 Å². The van der Waals surface area contributed by atoms with Crippen LogP contribution in [0.1, 0.15) is 125 Å². The molecule has 0 unspecified atom stereocenters. The molecule has 1 aliphatic carbocycles. The standard InChI is InChI=1S/C70H91N11O13/c1-40(2)26-46(67(92)79-58(20-13-25-75-70(73)74-5)60(86)33-45(65(72)90)30-50-37-76-56-18-11-9-16-54(50)56)31-53(85)39-78-66(91)48(28-43-14-7-6-8-15-43)35-62(88)64(42(4)83)81-69(94)49(36-63(71)89)34-61(87)59(32-51-38-77-57-19-12-10-17-55(51)57)80-68(93)47(27-41(3)82)29-44-21-23-52(84)24-22-44/h6-10,12,14-17,19,21-24,37-38,40,42,45-49,58-59,64,76-77,83-84H,11,13,18,20,25-36,39H2,1-5H3,(H2,71,89)(H2,72,90)(H,78,91)(H,79,92)(H,80,93)(H,81,94)(H3,73,74,75)/t42-,45-,46-,47-,48-,49+,58+,59-,64+/m1/s1. The number of allylic oxidation sites excluding steroid dienone is 1. The number of amides is 6. The van der Waals surface area contributed by atoms with Gasteiger partial charge in [0.1, 0.15) is 17.6 Å². The van der Waals surface area contributed by atoms with Gasteiger partial charge in [-0.25, -0.2) is 0 Å². The summed E-state index contributed by atoms with van der Waals surface area (Å²) in [6, 6.07) is 17.9. The first-order valence-electron chi connectivity index (χ1n) is 32.0. The van der Waals surface area contributed by atoms with Crippen LogP contribution in [-0.2, 0) is 84.8 Å². The number of aromatic nitrogens is 2. The predicted octanol–water partition coefficient (Wildman–Crippen LogP) is 4.00. The number of carbonyl (C=O) groups is 11. The molecule has 6 rings (SSSR count). The maximum Gasteiger partial charge on any atom is 0.224 e. The Morgan fingerprint density at radius 3 is 1.87 bits per heavy atom. The summed E-state index contributed by atoms with van der Waals surface area (Å²) in [4.78, 5) is 163. The van der Waals surface area contributed by atoms with E-state index < -0.39 is 138 Å². The topological polar surface area (TPSA) is 410 Å². The second kappa shape index (κ2) is 36.0. The molecule has 0 radical (unpaired) electrons. The number of hydrogen-bond donors (Lipinski definition) is 12. The molecule has 9 atom stereocenters. The summed E-state index contributed by atoms with van der Waals surface area (Å²) in [5, 5.41) is 35.5. The molecule has 2 aromatic heterocycles. The molecule has 2 heterocycles. The first kappa shape index (κ1) is 73.5. The lowest BCUT2D eigenvalue weighted by Gasteiger charge is -2.26. The molecule has 5 aromatic rings. The normalized spacial score (nSPS) is 15.0. The van der Waals surface area contributed by atoms with E-state index in [1.807, 2.05) is 50.4 Å². The number of aliphatic imine (C=N–C) groups is 1. The van der Waals surface area contributed by atoms with Gasteiger partial charge in [-0.1, -0.05) is 86.7 Å². The quantitative estimate of drug-likeness (QED) is 0.0150. The number of nitrogens with two attached hydrogens (primary N) is 3. The van der Waals surface area contributed by atoms with Crippen LogP contribution >= 0.6 is 0 Å². The zero-order chi connectivity index (χ0) is 68.6. The van der Waals surface area contributed by atoms with Crippen molar-refractivity contribution >= 4 is 87.3 Å². The summed E-state index contributed by atoms with van der Waals surface area (Å²) in [7, 11) is 1.51. The molecule has 24 heteroatoms. The van der Waals surface area contributed by atoms with Crippen LogP contribution in [0.4, 0.5) is 0 Å².